The minimum atomic E-state index is -0.577. The second-order valence-electron chi connectivity index (χ2n) is 8.21. The number of nitrogens with zero attached hydrogens (tertiary/aromatic N) is 4. The molecule has 5 N–H and O–H groups in total. The molecule has 0 aliphatic rings. The van der Waals surface area contributed by atoms with Crippen molar-refractivity contribution >= 4 is 34.0 Å². The van der Waals surface area contributed by atoms with Crippen LogP contribution in [-0.2, 0) is 4.79 Å². The van der Waals surface area contributed by atoms with E-state index in [0.717, 1.165) is 39.1 Å². The van der Waals surface area contributed by atoms with Crippen LogP contribution in [0.1, 0.15) is 25.5 Å². The van der Waals surface area contributed by atoms with Gasteiger partial charge in [-0.3, -0.25) is 15.2 Å². The van der Waals surface area contributed by atoms with E-state index in [4.69, 9.17) is 10.8 Å². The molecule has 1 amide bonds. The molecule has 0 fully saturated rings. The van der Waals surface area contributed by atoms with E-state index in [9.17, 15) is 4.79 Å². The Kier molecular flexibility index (Phi) is 5.23. The lowest BCUT2D eigenvalue weighted by Gasteiger charge is -2.19. The molecule has 0 spiro atoms. The van der Waals surface area contributed by atoms with Gasteiger partial charge in [-0.05, 0) is 55.8 Å². The standard InChI is InChI=1S/C24H24N8O/c1-14(2)28-23(24(25)33)16-5-3-4-15(10-16)20-13-26-22-9-8-21(31-32(20)22)29-18-6-7-19-17(11-18)12-27-30-19/h3-14,23,28H,1-2H3,(H2,25,33)(H,27,30)(H,29,31). The number of aromatic nitrogens is 5. The predicted octanol–water partition coefficient (Wildman–Crippen LogP) is 3.54. The largest absolute Gasteiger partial charge is 0.368 e. The Balaban J connectivity index is 1.49. The van der Waals surface area contributed by atoms with Crippen molar-refractivity contribution in [3.05, 3.63) is 72.6 Å². The molecule has 9 heteroatoms. The van der Waals surface area contributed by atoms with Gasteiger partial charge in [0.05, 0.1) is 23.6 Å². The number of imidazole rings is 1. The van der Waals surface area contributed by atoms with E-state index in [1.165, 1.54) is 0 Å². The molecule has 0 radical (unpaired) electrons. The fraction of sp³-hybridized carbons (Fsp3) is 0.167. The van der Waals surface area contributed by atoms with Crippen molar-refractivity contribution in [2.24, 2.45) is 5.73 Å². The third-order valence-corrected chi connectivity index (χ3v) is 5.38. The minimum Gasteiger partial charge on any atom is -0.368 e. The van der Waals surface area contributed by atoms with Crippen LogP contribution < -0.4 is 16.4 Å². The van der Waals surface area contributed by atoms with Crippen LogP contribution in [0.25, 0.3) is 27.8 Å². The summed E-state index contributed by atoms with van der Waals surface area (Å²) >= 11 is 0. The average molecular weight is 441 g/mol. The number of amides is 1. The van der Waals surface area contributed by atoms with E-state index in [1.54, 1.807) is 16.9 Å². The molecule has 0 saturated carbocycles. The molecule has 0 saturated heterocycles. The van der Waals surface area contributed by atoms with Crippen molar-refractivity contribution in [2.75, 3.05) is 5.32 Å². The van der Waals surface area contributed by atoms with Gasteiger partial charge in [0.15, 0.2) is 11.5 Å². The first-order chi connectivity index (χ1) is 16.0. The first-order valence-corrected chi connectivity index (χ1v) is 10.7. The van der Waals surface area contributed by atoms with Crippen LogP contribution in [-0.4, -0.2) is 36.7 Å². The van der Waals surface area contributed by atoms with Crippen molar-refractivity contribution in [3.8, 4) is 11.3 Å². The number of benzene rings is 2. The average Bonchev–Trinajstić information content (AvgIpc) is 3.43. The summed E-state index contributed by atoms with van der Waals surface area (Å²) in [5.74, 6) is 0.260. The number of anilines is 2. The number of aromatic amines is 1. The Morgan fingerprint density at radius 2 is 1.97 bits per heavy atom. The maximum atomic E-state index is 12.0. The van der Waals surface area contributed by atoms with Gasteiger partial charge < -0.3 is 11.1 Å². The fourth-order valence-electron chi connectivity index (χ4n) is 3.86. The van der Waals surface area contributed by atoms with Gasteiger partial charge in [0.1, 0.15) is 6.04 Å². The highest BCUT2D eigenvalue weighted by Crippen LogP contribution is 2.26. The number of carbonyl (C=O) groups excluding carboxylic acids is 1. The van der Waals surface area contributed by atoms with Crippen molar-refractivity contribution in [1.29, 1.82) is 0 Å². The molecule has 3 aromatic heterocycles. The maximum absolute atomic E-state index is 12.0. The van der Waals surface area contributed by atoms with Gasteiger partial charge in [0, 0.05) is 22.7 Å². The van der Waals surface area contributed by atoms with Crippen molar-refractivity contribution in [3.63, 3.8) is 0 Å². The van der Waals surface area contributed by atoms with Gasteiger partial charge >= 0.3 is 0 Å². The summed E-state index contributed by atoms with van der Waals surface area (Å²) in [5.41, 5.74) is 10.8. The molecule has 0 bridgehead atoms. The molecule has 33 heavy (non-hydrogen) atoms. The van der Waals surface area contributed by atoms with E-state index in [0.29, 0.717) is 5.82 Å². The van der Waals surface area contributed by atoms with Gasteiger partial charge in [-0.2, -0.15) is 5.10 Å². The number of nitrogens with one attached hydrogen (secondary N) is 3. The fourth-order valence-corrected chi connectivity index (χ4v) is 3.86. The van der Waals surface area contributed by atoms with Gasteiger partial charge in [0.25, 0.3) is 0 Å². The van der Waals surface area contributed by atoms with Crippen LogP contribution in [0.5, 0.6) is 0 Å². The Bertz CT molecular complexity index is 1450. The van der Waals surface area contributed by atoms with Crippen LogP contribution in [0, 0.1) is 0 Å². The number of hydrogen-bond acceptors (Lipinski definition) is 6. The number of carbonyl (C=O) groups is 1. The SMILES string of the molecule is CC(C)NC(C(N)=O)c1cccc(-c2cnc3ccc(Nc4ccc5[nH]ncc5c4)nn23)c1. The van der Waals surface area contributed by atoms with Gasteiger partial charge in [-0.1, -0.05) is 18.2 Å². The Labute approximate surface area is 190 Å². The van der Waals surface area contributed by atoms with Crippen LogP contribution in [0.3, 0.4) is 0 Å². The number of H-pyrrole nitrogens is 1. The lowest BCUT2D eigenvalue weighted by molar-refractivity contribution is -0.120. The van der Waals surface area contributed by atoms with Crippen LogP contribution >= 0.6 is 0 Å². The monoisotopic (exact) mass is 440 g/mol. The first kappa shape index (κ1) is 20.7. The summed E-state index contributed by atoms with van der Waals surface area (Å²) in [6.07, 6.45) is 3.56. The van der Waals surface area contributed by atoms with Crippen molar-refractivity contribution in [1.82, 2.24) is 30.1 Å². The summed E-state index contributed by atoms with van der Waals surface area (Å²) in [7, 11) is 0. The van der Waals surface area contributed by atoms with Crippen LogP contribution in [0.2, 0.25) is 0 Å². The number of nitrogens with two attached hydrogens (primary N) is 1. The second-order valence-corrected chi connectivity index (χ2v) is 8.21. The summed E-state index contributed by atoms with van der Waals surface area (Å²) in [6.45, 7) is 3.96. The molecule has 9 nitrogen and oxygen atoms in total. The molecule has 1 unspecified atom stereocenters. The zero-order valence-electron chi connectivity index (χ0n) is 18.3. The number of rotatable bonds is 7. The Hall–Kier alpha value is -4.24. The smallest absolute Gasteiger partial charge is 0.239 e. The summed E-state index contributed by atoms with van der Waals surface area (Å²) in [6, 6.07) is 17.0. The molecule has 5 aromatic rings. The molecular formula is C24H24N8O. The highest BCUT2D eigenvalue weighted by Gasteiger charge is 2.19. The van der Waals surface area contributed by atoms with Crippen molar-refractivity contribution < 1.29 is 4.79 Å². The number of fused-ring (bicyclic) bond motifs is 2. The molecule has 0 aliphatic carbocycles. The molecule has 0 aliphatic heterocycles. The van der Waals surface area contributed by atoms with Crippen LogP contribution in [0.4, 0.5) is 11.5 Å². The topological polar surface area (TPSA) is 126 Å². The summed E-state index contributed by atoms with van der Waals surface area (Å²) in [4.78, 5) is 16.5. The Morgan fingerprint density at radius 3 is 2.79 bits per heavy atom. The van der Waals surface area contributed by atoms with E-state index < -0.39 is 11.9 Å². The first-order valence-electron chi connectivity index (χ1n) is 10.7. The van der Waals surface area contributed by atoms with Gasteiger partial charge in [0.2, 0.25) is 5.91 Å². The third kappa shape index (κ3) is 4.13. The normalized spacial score (nSPS) is 12.5. The predicted molar refractivity (Wildman–Crippen MR) is 128 cm³/mol. The molecule has 166 valence electrons. The lowest BCUT2D eigenvalue weighted by Crippen LogP contribution is -2.37. The molecule has 5 rings (SSSR count). The van der Waals surface area contributed by atoms with Gasteiger partial charge in [-0.15, -0.1) is 5.10 Å². The highest BCUT2D eigenvalue weighted by molar-refractivity contribution is 5.83. The molecule has 3 heterocycles. The highest BCUT2D eigenvalue weighted by atomic mass is 16.1. The van der Waals surface area contributed by atoms with E-state index in [1.807, 2.05) is 68.4 Å². The maximum Gasteiger partial charge on any atom is 0.239 e. The minimum absolute atomic E-state index is 0.110. The zero-order valence-corrected chi connectivity index (χ0v) is 18.3. The summed E-state index contributed by atoms with van der Waals surface area (Å²) < 4.78 is 1.78. The van der Waals surface area contributed by atoms with E-state index >= 15 is 0 Å². The Morgan fingerprint density at radius 1 is 1.09 bits per heavy atom. The van der Waals surface area contributed by atoms with Gasteiger partial charge in [-0.25, -0.2) is 9.50 Å². The zero-order chi connectivity index (χ0) is 22.9. The number of primary amides is 1. The quantitative estimate of drug-likeness (QED) is 0.307. The van der Waals surface area contributed by atoms with E-state index in [-0.39, 0.29) is 6.04 Å². The lowest BCUT2D eigenvalue weighted by atomic mass is 10.0. The number of hydrogen-bond donors (Lipinski definition) is 4. The van der Waals surface area contributed by atoms with E-state index in [2.05, 4.69) is 25.8 Å². The van der Waals surface area contributed by atoms with Crippen molar-refractivity contribution in [2.45, 2.75) is 25.9 Å². The summed E-state index contributed by atoms with van der Waals surface area (Å²) in [5, 5.41) is 19.3. The molecular weight excluding hydrogens is 416 g/mol. The molecule has 1 atom stereocenters. The van der Waals surface area contributed by atoms with Crippen LogP contribution in [0.15, 0.2) is 67.0 Å². The molecule has 2 aromatic carbocycles. The second kappa shape index (κ2) is 8.36. The third-order valence-electron chi connectivity index (χ3n) is 5.38.